The van der Waals surface area contributed by atoms with E-state index in [0.717, 1.165) is 27.2 Å². The predicted octanol–water partition coefficient (Wildman–Crippen LogP) is 4.23. The molecule has 1 aliphatic heterocycles. The number of hydrogen-bond acceptors (Lipinski definition) is 6. The maximum atomic E-state index is 14.4. The summed E-state index contributed by atoms with van der Waals surface area (Å²) in [5, 5.41) is 4.00. The van der Waals surface area contributed by atoms with Gasteiger partial charge in [-0.15, -0.1) is 11.3 Å². The number of hydrogen-bond donors (Lipinski definition) is 1. The minimum atomic E-state index is -0.517. The molecule has 0 fully saturated rings. The van der Waals surface area contributed by atoms with Gasteiger partial charge in [-0.3, -0.25) is 4.79 Å². The van der Waals surface area contributed by atoms with Crippen LogP contribution in [-0.2, 0) is 17.8 Å². The lowest BCUT2D eigenvalue weighted by atomic mass is 10.0. The topological polar surface area (TPSA) is 61.4 Å². The molecule has 0 bridgehead atoms. The Bertz CT molecular complexity index is 1130. The highest BCUT2D eigenvalue weighted by molar-refractivity contribution is 7.19. The molecule has 3 aromatic rings. The van der Waals surface area contributed by atoms with E-state index in [-0.39, 0.29) is 16.6 Å². The highest BCUT2D eigenvalue weighted by Crippen LogP contribution is 2.38. The van der Waals surface area contributed by atoms with Crippen molar-refractivity contribution in [2.45, 2.75) is 13.0 Å². The number of halogens is 2. The molecule has 1 N–H and O–H groups in total. The fourth-order valence-corrected chi connectivity index (χ4v) is 4.79. The Morgan fingerprint density at radius 1 is 1.40 bits per heavy atom. The largest absolute Gasteiger partial charge is 0.337 e. The van der Waals surface area contributed by atoms with E-state index in [2.05, 4.69) is 15.3 Å². The van der Waals surface area contributed by atoms with Crippen LogP contribution in [0.2, 0.25) is 5.02 Å². The number of anilines is 2. The van der Waals surface area contributed by atoms with Gasteiger partial charge in [0.25, 0.3) is 0 Å². The standard InChI is InChI=1S/C21H21ClFN5OS/c1-27(2)9-4-7-17(29)28-10-8-13-16(11-28)30-21-18(13)20(24-12-25-21)26-15-6-3-5-14(22)19(15)23/h3-7,12H,8-11H2,1-2H3,(H,24,25,26). The van der Waals surface area contributed by atoms with Crippen LogP contribution in [0.15, 0.2) is 36.7 Å². The van der Waals surface area contributed by atoms with Gasteiger partial charge >= 0.3 is 0 Å². The Morgan fingerprint density at radius 2 is 2.23 bits per heavy atom. The van der Waals surface area contributed by atoms with E-state index in [9.17, 15) is 9.18 Å². The molecule has 4 rings (SSSR count). The highest BCUT2D eigenvalue weighted by Gasteiger charge is 2.25. The van der Waals surface area contributed by atoms with E-state index >= 15 is 0 Å². The van der Waals surface area contributed by atoms with Crippen molar-refractivity contribution in [3.8, 4) is 0 Å². The molecule has 3 heterocycles. The second kappa shape index (κ2) is 8.67. The average Bonchev–Trinajstić information content (AvgIpc) is 3.09. The monoisotopic (exact) mass is 445 g/mol. The number of likely N-dealkylation sites (N-methyl/N-ethyl adjacent to an activating group) is 1. The Labute approximate surface area is 183 Å². The van der Waals surface area contributed by atoms with Crippen molar-refractivity contribution < 1.29 is 9.18 Å². The summed E-state index contributed by atoms with van der Waals surface area (Å²) in [5.74, 6) is 0.0334. The Kier molecular flexibility index (Phi) is 5.99. The lowest BCUT2D eigenvalue weighted by Crippen LogP contribution is -2.34. The second-order valence-corrected chi connectivity index (χ2v) is 8.80. The van der Waals surface area contributed by atoms with Gasteiger partial charge in [0.05, 0.1) is 22.6 Å². The first kappa shape index (κ1) is 20.7. The van der Waals surface area contributed by atoms with Gasteiger partial charge in [-0.25, -0.2) is 14.4 Å². The Hall–Kier alpha value is -2.55. The van der Waals surface area contributed by atoms with Crippen molar-refractivity contribution in [1.29, 1.82) is 0 Å². The van der Waals surface area contributed by atoms with Gasteiger partial charge in [-0.2, -0.15) is 0 Å². The molecule has 2 aromatic heterocycles. The van der Waals surface area contributed by atoms with Gasteiger partial charge in [0, 0.05) is 24.0 Å². The number of benzene rings is 1. The van der Waals surface area contributed by atoms with Crippen LogP contribution in [0.25, 0.3) is 10.2 Å². The van der Waals surface area contributed by atoms with E-state index < -0.39 is 5.82 Å². The molecule has 1 amide bonds. The molecular formula is C21H21ClFN5OS. The summed E-state index contributed by atoms with van der Waals surface area (Å²) in [7, 11) is 3.92. The van der Waals surface area contributed by atoms with Crippen LogP contribution in [0.5, 0.6) is 0 Å². The van der Waals surface area contributed by atoms with E-state index in [0.29, 0.717) is 25.3 Å². The zero-order valence-electron chi connectivity index (χ0n) is 16.7. The smallest absolute Gasteiger partial charge is 0.246 e. The quantitative estimate of drug-likeness (QED) is 0.595. The van der Waals surface area contributed by atoms with Crippen molar-refractivity contribution in [2.24, 2.45) is 0 Å². The predicted molar refractivity (Wildman–Crippen MR) is 119 cm³/mol. The highest BCUT2D eigenvalue weighted by atomic mass is 35.5. The van der Waals surface area contributed by atoms with Gasteiger partial charge in [0.15, 0.2) is 5.82 Å². The fraction of sp³-hybridized carbons (Fsp3) is 0.286. The van der Waals surface area contributed by atoms with E-state index in [4.69, 9.17) is 11.6 Å². The third kappa shape index (κ3) is 4.16. The first-order chi connectivity index (χ1) is 14.4. The SMILES string of the molecule is CN(C)CC=CC(=O)N1CCc2c(sc3ncnc(Nc4cccc(Cl)c4F)c23)C1. The van der Waals surface area contributed by atoms with Crippen LogP contribution in [0.3, 0.4) is 0 Å². The first-order valence-electron chi connectivity index (χ1n) is 9.50. The maximum absolute atomic E-state index is 14.4. The van der Waals surface area contributed by atoms with E-state index in [1.54, 1.807) is 29.5 Å². The van der Waals surface area contributed by atoms with Crippen LogP contribution < -0.4 is 5.32 Å². The van der Waals surface area contributed by atoms with Crippen LogP contribution in [0.1, 0.15) is 10.4 Å². The van der Waals surface area contributed by atoms with Gasteiger partial charge in [-0.05, 0) is 38.2 Å². The fourth-order valence-electron chi connectivity index (χ4n) is 3.41. The zero-order chi connectivity index (χ0) is 21.3. The number of thiophene rings is 1. The summed E-state index contributed by atoms with van der Waals surface area (Å²) < 4.78 is 14.4. The minimum Gasteiger partial charge on any atom is -0.337 e. The molecule has 1 aliphatic rings. The number of fused-ring (bicyclic) bond motifs is 3. The van der Waals surface area contributed by atoms with Gasteiger partial charge in [-0.1, -0.05) is 23.7 Å². The Balaban J connectivity index is 1.61. The molecule has 0 saturated heterocycles. The van der Waals surface area contributed by atoms with E-state index in [1.807, 2.05) is 30.0 Å². The molecule has 0 aliphatic carbocycles. The molecule has 30 heavy (non-hydrogen) atoms. The Morgan fingerprint density at radius 3 is 3.03 bits per heavy atom. The van der Waals surface area contributed by atoms with Gasteiger partial charge in [0.2, 0.25) is 5.91 Å². The molecule has 0 unspecified atom stereocenters. The van der Waals surface area contributed by atoms with Crippen molar-refractivity contribution in [3.05, 3.63) is 58.0 Å². The molecule has 1 aromatic carbocycles. The molecule has 9 heteroatoms. The molecule has 0 radical (unpaired) electrons. The second-order valence-electron chi connectivity index (χ2n) is 7.31. The zero-order valence-corrected chi connectivity index (χ0v) is 18.2. The lowest BCUT2D eigenvalue weighted by molar-refractivity contribution is -0.126. The molecule has 0 atom stereocenters. The summed E-state index contributed by atoms with van der Waals surface area (Å²) in [4.78, 5) is 27.0. The number of amides is 1. The van der Waals surface area contributed by atoms with E-state index in [1.165, 1.54) is 12.4 Å². The summed E-state index contributed by atoms with van der Waals surface area (Å²) in [6.45, 7) is 1.87. The summed E-state index contributed by atoms with van der Waals surface area (Å²) >= 11 is 7.44. The normalized spacial score (nSPS) is 14.0. The summed E-state index contributed by atoms with van der Waals surface area (Å²) in [6, 6.07) is 4.81. The molecule has 6 nitrogen and oxygen atoms in total. The number of aromatic nitrogens is 2. The van der Waals surface area contributed by atoms with Crippen molar-refractivity contribution in [1.82, 2.24) is 19.8 Å². The summed E-state index contributed by atoms with van der Waals surface area (Å²) in [5.41, 5.74) is 1.38. The van der Waals surface area contributed by atoms with Crippen LogP contribution >= 0.6 is 22.9 Å². The third-order valence-electron chi connectivity index (χ3n) is 4.88. The number of nitrogens with one attached hydrogen (secondary N) is 1. The maximum Gasteiger partial charge on any atom is 0.246 e. The van der Waals surface area contributed by atoms with Crippen LogP contribution in [0.4, 0.5) is 15.9 Å². The number of rotatable bonds is 5. The number of carbonyl (C=O) groups excluding carboxylic acids is 1. The third-order valence-corrected chi connectivity index (χ3v) is 6.30. The minimum absolute atomic E-state index is 0.00499. The summed E-state index contributed by atoms with van der Waals surface area (Å²) in [6.07, 6.45) is 5.66. The molecule has 0 saturated carbocycles. The van der Waals surface area contributed by atoms with Gasteiger partial charge < -0.3 is 15.1 Å². The van der Waals surface area contributed by atoms with Gasteiger partial charge in [0.1, 0.15) is 17.0 Å². The van der Waals surface area contributed by atoms with Crippen molar-refractivity contribution in [2.75, 3.05) is 32.5 Å². The van der Waals surface area contributed by atoms with Crippen LogP contribution in [0, 0.1) is 5.82 Å². The molecule has 0 spiro atoms. The average molecular weight is 446 g/mol. The van der Waals surface area contributed by atoms with Crippen LogP contribution in [-0.4, -0.2) is 52.9 Å². The number of nitrogens with zero attached hydrogens (tertiary/aromatic N) is 4. The first-order valence-corrected chi connectivity index (χ1v) is 10.7. The van der Waals surface area contributed by atoms with Crippen molar-refractivity contribution in [3.63, 3.8) is 0 Å². The molecule has 156 valence electrons. The molecular weight excluding hydrogens is 425 g/mol. The lowest BCUT2D eigenvalue weighted by Gasteiger charge is -2.26. The number of carbonyl (C=O) groups is 1. The van der Waals surface area contributed by atoms with Crippen molar-refractivity contribution >= 4 is 50.6 Å².